The number of carbonyl (C=O) groups excluding carboxylic acids is 3. The Bertz CT molecular complexity index is 936. The van der Waals surface area contributed by atoms with E-state index in [1.165, 1.54) is 4.90 Å². The summed E-state index contributed by atoms with van der Waals surface area (Å²) in [6.07, 6.45) is 1.22. The molecule has 0 atom stereocenters. The smallest absolute Gasteiger partial charge is 0.264 e. The summed E-state index contributed by atoms with van der Waals surface area (Å²) in [5.74, 6) is 0.126. The number of hydrogen-bond donors (Lipinski definition) is 1. The Labute approximate surface area is 169 Å². The third-order valence-corrected chi connectivity index (χ3v) is 5.50. The van der Waals surface area contributed by atoms with Gasteiger partial charge in [-0.05, 0) is 37.1 Å². The molecule has 2 aromatic carbocycles. The van der Waals surface area contributed by atoms with Gasteiger partial charge in [0.05, 0.1) is 11.4 Å². The zero-order valence-corrected chi connectivity index (χ0v) is 16.3. The van der Waals surface area contributed by atoms with Crippen LogP contribution in [0.4, 0.5) is 11.4 Å². The molecule has 0 radical (unpaired) electrons. The number of nitrogens with zero attached hydrogens (tertiary/aromatic N) is 2. The average Bonchev–Trinajstić information content (AvgIpc) is 2.77. The number of fused-ring (bicyclic) bond motifs is 1. The van der Waals surface area contributed by atoms with Gasteiger partial charge in [0.1, 0.15) is 0 Å². The highest BCUT2D eigenvalue weighted by Crippen LogP contribution is 2.38. The molecule has 0 saturated carbocycles. The molecule has 3 amide bonds. The summed E-state index contributed by atoms with van der Waals surface area (Å²) in [6, 6.07) is 14.5. The fourth-order valence-electron chi connectivity index (χ4n) is 3.75. The molecular weight excluding hydrogens is 370 g/mol. The SMILES string of the molecule is CN1C(=O)COc2c(NC(=O)C3CCN(C(=O)c4ccccc4)CC3)cccc21. The van der Waals surface area contributed by atoms with Crippen LogP contribution in [0.5, 0.6) is 5.75 Å². The van der Waals surface area contributed by atoms with Crippen LogP contribution in [0.25, 0.3) is 0 Å². The lowest BCUT2D eigenvalue weighted by Crippen LogP contribution is -2.41. The van der Waals surface area contributed by atoms with Crippen LogP contribution in [-0.4, -0.2) is 49.4 Å². The van der Waals surface area contributed by atoms with Crippen molar-refractivity contribution in [3.63, 3.8) is 0 Å². The van der Waals surface area contributed by atoms with E-state index in [-0.39, 0.29) is 30.2 Å². The predicted molar refractivity (Wildman–Crippen MR) is 109 cm³/mol. The Morgan fingerprint density at radius 2 is 1.76 bits per heavy atom. The lowest BCUT2D eigenvalue weighted by molar-refractivity contribution is -0.121. The van der Waals surface area contributed by atoms with Crippen LogP contribution in [0.3, 0.4) is 0 Å². The fourth-order valence-corrected chi connectivity index (χ4v) is 3.75. The van der Waals surface area contributed by atoms with Crippen molar-refractivity contribution in [3.05, 3.63) is 54.1 Å². The maximum absolute atomic E-state index is 12.8. The van der Waals surface area contributed by atoms with E-state index in [0.717, 1.165) is 0 Å². The monoisotopic (exact) mass is 393 g/mol. The molecule has 0 bridgehead atoms. The second-order valence-corrected chi connectivity index (χ2v) is 7.32. The zero-order chi connectivity index (χ0) is 20.4. The normalized spacial score (nSPS) is 16.8. The number of piperidine rings is 1. The summed E-state index contributed by atoms with van der Waals surface area (Å²) in [5, 5.41) is 2.95. The van der Waals surface area contributed by atoms with Crippen molar-refractivity contribution in [3.8, 4) is 5.75 Å². The first kappa shape index (κ1) is 19.0. The van der Waals surface area contributed by atoms with E-state index in [0.29, 0.717) is 48.6 Å². The van der Waals surface area contributed by atoms with Gasteiger partial charge in [0.25, 0.3) is 11.8 Å². The second-order valence-electron chi connectivity index (χ2n) is 7.32. The molecule has 2 aliphatic rings. The lowest BCUT2D eigenvalue weighted by Gasteiger charge is -2.32. The predicted octanol–water partition coefficient (Wildman–Crippen LogP) is 2.53. The highest BCUT2D eigenvalue weighted by molar-refractivity contribution is 6.01. The van der Waals surface area contributed by atoms with E-state index in [1.54, 1.807) is 42.3 Å². The number of para-hydroxylation sites is 1. The van der Waals surface area contributed by atoms with Gasteiger partial charge in [0.2, 0.25) is 5.91 Å². The number of rotatable bonds is 3. The van der Waals surface area contributed by atoms with Gasteiger partial charge < -0.3 is 19.9 Å². The number of ether oxygens (including phenoxy) is 1. The number of likely N-dealkylation sites (tertiary alicyclic amines) is 1. The average molecular weight is 393 g/mol. The maximum Gasteiger partial charge on any atom is 0.264 e. The third kappa shape index (κ3) is 3.81. The largest absolute Gasteiger partial charge is 0.479 e. The quantitative estimate of drug-likeness (QED) is 0.869. The van der Waals surface area contributed by atoms with Crippen molar-refractivity contribution >= 4 is 29.1 Å². The molecule has 2 aliphatic heterocycles. The van der Waals surface area contributed by atoms with Gasteiger partial charge in [-0.2, -0.15) is 0 Å². The van der Waals surface area contributed by atoms with Gasteiger partial charge in [0.15, 0.2) is 12.4 Å². The molecule has 7 nitrogen and oxygen atoms in total. The van der Waals surface area contributed by atoms with Crippen LogP contribution in [0.2, 0.25) is 0 Å². The lowest BCUT2D eigenvalue weighted by atomic mass is 9.95. The molecule has 1 fully saturated rings. The molecule has 29 heavy (non-hydrogen) atoms. The molecule has 1 N–H and O–H groups in total. The van der Waals surface area contributed by atoms with E-state index < -0.39 is 0 Å². The van der Waals surface area contributed by atoms with Gasteiger partial charge in [0, 0.05) is 31.6 Å². The summed E-state index contributed by atoms with van der Waals surface area (Å²) in [6.45, 7) is 1.05. The number of anilines is 2. The first-order chi connectivity index (χ1) is 14.0. The molecular formula is C22H23N3O4. The zero-order valence-electron chi connectivity index (χ0n) is 16.3. The van der Waals surface area contributed by atoms with Gasteiger partial charge in [-0.1, -0.05) is 24.3 Å². The number of nitrogens with one attached hydrogen (secondary N) is 1. The molecule has 0 aromatic heterocycles. The summed E-state index contributed by atoms with van der Waals surface area (Å²) in [5.41, 5.74) is 1.87. The summed E-state index contributed by atoms with van der Waals surface area (Å²) >= 11 is 0. The van der Waals surface area contributed by atoms with E-state index in [2.05, 4.69) is 5.32 Å². The number of benzene rings is 2. The second kappa shape index (κ2) is 7.95. The minimum absolute atomic E-state index is 0.00249. The van der Waals surface area contributed by atoms with Crippen LogP contribution in [0, 0.1) is 5.92 Å². The number of hydrogen-bond acceptors (Lipinski definition) is 4. The highest BCUT2D eigenvalue weighted by atomic mass is 16.5. The molecule has 0 unspecified atom stereocenters. The van der Waals surface area contributed by atoms with E-state index in [1.807, 2.05) is 18.2 Å². The number of amides is 3. The molecule has 7 heteroatoms. The minimum atomic E-state index is -0.173. The van der Waals surface area contributed by atoms with Gasteiger partial charge >= 0.3 is 0 Å². The van der Waals surface area contributed by atoms with Gasteiger partial charge in [-0.15, -0.1) is 0 Å². The molecule has 4 rings (SSSR count). The first-order valence-corrected chi connectivity index (χ1v) is 9.72. The molecule has 2 heterocycles. The van der Waals surface area contributed by atoms with E-state index >= 15 is 0 Å². The molecule has 150 valence electrons. The Kier molecular flexibility index (Phi) is 5.20. The van der Waals surface area contributed by atoms with Crippen LogP contribution >= 0.6 is 0 Å². The highest BCUT2D eigenvalue weighted by Gasteiger charge is 2.30. The Morgan fingerprint density at radius 1 is 1.03 bits per heavy atom. The van der Waals surface area contributed by atoms with E-state index in [9.17, 15) is 14.4 Å². The van der Waals surface area contributed by atoms with Crippen molar-refractivity contribution in [2.45, 2.75) is 12.8 Å². The standard InChI is InChI=1S/C22H23N3O4/c1-24-18-9-5-8-17(20(18)29-14-19(24)26)23-21(27)15-10-12-25(13-11-15)22(28)16-6-3-2-4-7-16/h2-9,15H,10-14H2,1H3,(H,23,27). The molecule has 1 saturated heterocycles. The maximum atomic E-state index is 12.8. The van der Waals surface area contributed by atoms with Crippen LogP contribution in [0.1, 0.15) is 23.2 Å². The number of likely N-dealkylation sites (N-methyl/N-ethyl adjacent to an activating group) is 1. The first-order valence-electron chi connectivity index (χ1n) is 9.72. The Hall–Kier alpha value is -3.35. The Balaban J connectivity index is 1.39. The van der Waals surface area contributed by atoms with Crippen molar-refractivity contribution < 1.29 is 19.1 Å². The fraction of sp³-hybridized carbons (Fsp3) is 0.318. The molecule has 0 spiro atoms. The minimum Gasteiger partial charge on any atom is -0.479 e. The van der Waals surface area contributed by atoms with Crippen molar-refractivity contribution in [2.75, 3.05) is 37.0 Å². The van der Waals surface area contributed by atoms with Crippen molar-refractivity contribution in [2.24, 2.45) is 5.92 Å². The van der Waals surface area contributed by atoms with Gasteiger partial charge in [-0.25, -0.2) is 0 Å². The van der Waals surface area contributed by atoms with Crippen molar-refractivity contribution in [1.82, 2.24) is 4.90 Å². The molecule has 0 aliphatic carbocycles. The Morgan fingerprint density at radius 3 is 2.48 bits per heavy atom. The van der Waals surface area contributed by atoms with E-state index in [4.69, 9.17) is 4.74 Å². The topological polar surface area (TPSA) is 79.0 Å². The van der Waals surface area contributed by atoms with Crippen LogP contribution < -0.4 is 15.0 Å². The number of carbonyl (C=O) groups is 3. The summed E-state index contributed by atoms with van der Waals surface area (Å²) < 4.78 is 5.56. The van der Waals surface area contributed by atoms with Gasteiger partial charge in [-0.3, -0.25) is 14.4 Å². The van der Waals surface area contributed by atoms with Crippen LogP contribution in [0.15, 0.2) is 48.5 Å². The van der Waals surface area contributed by atoms with Crippen molar-refractivity contribution in [1.29, 1.82) is 0 Å². The molecule has 2 aromatic rings. The van der Waals surface area contributed by atoms with Crippen LogP contribution in [-0.2, 0) is 9.59 Å². The summed E-state index contributed by atoms with van der Waals surface area (Å²) in [4.78, 5) is 40.5. The summed E-state index contributed by atoms with van der Waals surface area (Å²) in [7, 11) is 1.69. The third-order valence-electron chi connectivity index (χ3n) is 5.50.